The summed E-state index contributed by atoms with van der Waals surface area (Å²) in [5.74, 6) is -0.572. The minimum atomic E-state index is -0.654. The zero-order valence-corrected chi connectivity index (χ0v) is 30.0. The van der Waals surface area contributed by atoms with Crippen molar-refractivity contribution in [2.24, 2.45) is 11.5 Å². The summed E-state index contributed by atoms with van der Waals surface area (Å²) in [5, 5.41) is 13.3. The number of nitrogens with zero attached hydrogens (tertiary/aromatic N) is 4. The molecule has 2 aromatic carbocycles. The first-order chi connectivity index (χ1) is 24.6. The van der Waals surface area contributed by atoms with Crippen LogP contribution in [0.25, 0.3) is 11.0 Å². The zero-order chi connectivity index (χ0) is 37.7. The number of benzene rings is 2. The van der Waals surface area contributed by atoms with Crippen LogP contribution < -0.4 is 42.6 Å². The molecule has 0 spiro atoms. The molecule has 4 amide bonds. The van der Waals surface area contributed by atoms with Crippen LogP contribution in [0.15, 0.2) is 30.3 Å². The molecule has 0 radical (unpaired) electrons. The molecule has 2 aromatic heterocycles. The predicted molar refractivity (Wildman–Crippen MR) is 195 cm³/mol. The molecule has 0 unspecified atom stereocenters. The maximum atomic E-state index is 13.5. The standard InChI is InChI=1S/C35H46N10O7/c1-6-44-25(13-19(2)43-44)32(48)42-33-41-24-15-21(31(38)47)17-27-29(24)45(33)22(18-51-27)9-7-10-39-28-23(36)14-20(30(37)46)16-26(28)50-12-8-11-40-34(49)52-35(3,4)5/h13-17,22,39H,6-12,18,36H2,1-5H3,(H2,37,46)(H2,38,47)(H,40,49)(H,41,42,48)/t22-/m0/s1. The van der Waals surface area contributed by atoms with E-state index in [-0.39, 0.29) is 42.0 Å². The van der Waals surface area contributed by atoms with Crippen molar-refractivity contribution >= 4 is 52.2 Å². The number of imidazole rings is 1. The summed E-state index contributed by atoms with van der Waals surface area (Å²) >= 11 is 0. The molecule has 0 fully saturated rings. The molecule has 17 heteroatoms. The van der Waals surface area contributed by atoms with Crippen molar-refractivity contribution in [3.05, 3.63) is 52.8 Å². The number of hydrogen-bond donors (Lipinski definition) is 6. The fraction of sp³-hybridized carbons (Fsp3) is 0.429. The average Bonchev–Trinajstić information content (AvgIpc) is 3.64. The molecule has 9 N–H and O–H groups in total. The highest BCUT2D eigenvalue weighted by Gasteiger charge is 2.29. The van der Waals surface area contributed by atoms with Crippen LogP contribution in [0.1, 0.15) is 89.9 Å². The molecule has 0 saturated heterocycles. The number of carbonyl (C=O) groups excluding carboxylic acids is 4. The van der Waals surface area contributed by atoms with Gasteiger partial charge >= 0.3 is 6.09 Å². The van der Waals surface area contributed by atoms with E-state index in [1.807, 2.05) is 18.4 Å². The topological polar surface area (TPSA) is 246 Å². The van der Waals surface area contributed by atoms with Gasteiger partial charge in [0.1, 0.15) is 40.6 Å². The largest absolute Gasteiger partial charge is 0.491 e. The highest BCUT2D eigenvalue weighted by atomic mass is 16.6. The molecule has 3 heterocycles. The van der Waals surface area contributed by atoms with Crippen molar-refractivity contribution in [3.63, 3.8) is 0 Å². The van der Waals surface area contributed by atoms with Crippen molar-refractivity contribution in [2.45, 2.75) is 72.1 Å². The Labute approximate surface area is 300 Å². The van der Waals surface area contributed by atoms with Crippen molar-refractivity contribution < 1.29 is 33.4 Å². The van der Waals surface area contributed by atoms with E-state index < -0.39 is 23.5 Å². The maximum Gasteiger partial charge on any atom is 0.407 e. The third-order valence-corrected chi connectivity index (χ3v) is 8.17. The molecular weight excluding hydrogens is 672 g/mol. The molecule has 5 rings (SSSR count). The SMILES string of the molecule is CCn1nc(C)cc1C(=O)Nc1nc2cc(C(N)=O)cc3c2n1[C@@H](CCCNc1c(N)cc(C(N)=O)cc1OCCCNC(=O)OC(C)(C)C)CO3. The van der Waals surface area contributed by atoms with Crippen molar-refractivity contribution in [3.8, 4) is 11.5 Å². The van der Waals surface area contributed by atoms with Gasteiger partial charge < -0.3 is 46.6 Å². The number of carbonyl (C=O) groups is 4. The number of nitrogens with two attached hydrogens (primary N) is 3. The summed E-state index contributed by atoms with van der Waals surface area (Å²) in [4.78, 5) is 54.1. The molecule has 1 aliphatic rings. The second-order valence-corrected chi connectivity index (χ2v) is 13.4. The van der Waals surface area contributed by atoms with E-state index in [0.29, 0.717) is 84.5 Å². The predicted octanol–water partition coefficient (Wildman–Crippen LogP) is 3.71. The quantitative estimate of drug-likeness (QED) is 0.0764. The maximum absolute atomic E-state index is 13.5. The molecule has 278 valence electrons. The molecule has 52 heavy (non-hydrogen) atoms. The highest BCUT2D eigenvalue weighted by molar-refractivity contribution is 6.04. The molecule has 0 bridgehead atoms. The third kappa shape index (κ3) is 8.65. The van der Waals surface area contributed by atoms with Gasteiger partial charge in [0, 0.05) is 30.8 Å². The van der Waals surface area contributed by atoms with Crippen molar-refractivity contribution in [2.75, 3.05) is 42.7 Å². The fourth-order valence-electron chi connectivity index (χ4n) is 5.89. The molecule has 17 nitrogen and oxygen atoms in total. The Balaban J connectivity index is 1.29. The summed E-state index contributed by atoms with van der Waals surface area (Å²) in [7, 11) is 0. The summed E-state index contributed by atoms with van der Waals surface area (Å²) in [6.45, 7) is 10.8. The zero-order valence-electron chi connectivity index (χ0n) is 30.0. The minimum absolute atomic E-state index is 0.193. The molecule has 0 aliphatic carbocycles. The lowest BCUT2D eigenvalue weighted by Crippen LogP contribution is -2.33. The Morgan fingerprint density at radius 3 is 2.44 bits per heavy atom. The number of anilines is 3. The first kappa shape index (κ1) is 37.3. The summed E-state index contributed by atoms with van der Waals surface area (Å²) in [6.07, 6.45) is 1.15. The normalized spacial score (nSPS) is 13.7. The van der Waals surface area contributed by atoms with Crippen LogP contribution in [0, 0.1) is 6.92 Å². The number of ether oxygens (including phenoxy) is 3. The van der Waals surface area contributed by atoms with Gasteiger partial charge in [0.25, 0.3) is 5.91 Å². The van der Waals surface area contributed by atoms with Gasteiger partial charge in [-0.2, -0.15) is 5.10 Å². The summed E-state index contributed by atoms with van der Waals surface area (Å²) in [6, 6.07) is 7.63. The number of nitrogen functional groups attached to an aromatic ring is 1. The molecule has 1 atom stereocenters. The number of nitrogens with one attached hydrogen (secondary N) is 3. The van der Waals surface area contributed by atoms with E-state index in [1.165, 1.54) is 12.1 Å². The monoisotopic (exact) mass is 718 g/mol. The Hall–Kier alpha value is -6.00. The van der Waals surface area contributed by atoms with Gasteiger partial charge in [-0.3, -0.25) is 24.4 Å². The van der Waals surface area contributed by atoms with Crippen LogP contribution in [0.5, 0.6) is 11.5 Å². The Kier molecular flexibility index (Phi) is 11.1. The highest BCUT2D eigenvalue weighted by Crippen LogP contribution is 2.39. The Morgan fingerprint density at radius 2 is 1.75 bits per heavy atom. The third-order valence-electron chi connectivity index (χ3n) is 8.17. The summed E-state index contributed by atoms with van der Waals surface area (Å²) < 4.78 is 20.9. The van der Waals surface area contributed by atoms with Crippen LogP contribution in [0.2, 0.25) is 0 Å². The average molecular weight is 719 g/mol. The molecule has 0 saturated carbocycles. The molecular formula is C35H46N10O7. The number of amides is 4. The van der Waals surface area contributed by atoms with Gasteiger partial charge in [0.2, 0.25) is 17.8 Å². The van der Waals surface area contributed by atoms with Gasteiger partial charge in [-0.1, -0.05) is 0 Å². The smallest absolute Gasteiger partial charge is 0.407 e. The minimum Gasteiger partial charge on any atom is -0.491 e. The molecule has 1 aliphatic heterocycles. The van der Waals surface area contributed by atoms with Gasteiger partial charge in [-0.05, 0) is 84.2 Å². The van der Waals surface area contributed by atoms with Crippen LogP contribution in [0.4, 0.5) is 22.1 Å². The summed E-state index contributed by atoms with van der Waals surface area (Å²) in [5.41, 5.74) is 20.2. The van der Waals surface area contributed by atoms with E-state index >= 15 is 0 Å². The fourth-order valence-corrected chi connectivity index (χ4v) is 5.89. The van der Waals surface area contributed by atoms with E-state index in [0.717, 1.165) is 0 Å². The number of alkyl carbamates (subject to hydrolysis) is 1. The lowest BCUT2D eigenvalue weighted by Gasteiger charge is -2.27. The number of hydrogen-bond acceptors (Lipinski definition) is 11. The first-order valence-corrected chi connectivity index (χ1v) is 17.1. The van der Waals surface area contributed by atoms with Crippen LogP contribution in [0.3, 0.4) is 0 Å². The Morgan fingerprint density at radius 1 is 1.02 bits per heavy atom. The van der Waals surface area contributed by atoms with E-state index in [1.54, 1.807) is 43.7 Å². The van der Waals surface area contributed by atoms with Crippen molar-refractivity contribution in [1.82, 2.24) is 24.6 Å². The van der Waals surface area contributed by atoms with E-state index in [4.69, 9.17) is 36.4 Å². The van der Waals surface area contributed by atoms with Crippen LogP contribution in [-0.2, 0) is 11.3 Å². The van der Waals surface area contributed by atoms with E-state index in [9.17, 15) is 19.2 Å². The number of rotatable bonds is 15. The lowest BCUT2D eigenvalue weighted by atomic mass is 10.1. The van der Waals surface area contributed by atoms with Gasteiger partial charge in [0.15, 0.2) is 0 Å². The van der Waals surface area contributed by atoms with Crippen LogP contribution >= 0.6 is 0 Å². The second kappa shape index (κ2) is 15.5. The van der Waals surface area contributed by atoms with Gasteiger partial charge in [-0.25, -0.2) is 9.78 Å². The lowest BCUT2D eigenvalue weighted by molar-refractivity contribution is 0.0525. The van der Waals surface area contributed by atoms with E-state index in [2.05, 4.69) is 21.0 Å². The van der Waals surface area contributed by atoms with Crippen molar-refractivity contribution in [1.29, 1.82) is 0 Å². The Bertz CT molecular complexity index is 2000. The van der Waals surface area contributed by atoms with Gasteiger partial charge in [0.05, 0.1) is 29.5 Å². The van der Waals surface area contributed by atoms with Gasteiger partial charge in [-0.15, -0.1) is 0 Å². The number of aryl methyl sites for hydroxylation is 2. The van der Waals surface area contributed by atoms with Crippen LogP contribution in [-0.4, -0.2) is 75.1 Å². The second-order valence-electron chi connectivity index (χ2n) is 13.4. The molecule has 4 aromatic rings. The first-order valence-electron chi connectivity index (χ1n) is 17.1. The number of primary amides is 2. The number of aromatic nitrogens is 4.